The topological polar surface area (TPSA) is 82.4 Å². The first kappa shape index (κ1) is 20.9. The Bertz CT molecular complexity index is 1110. The van der Waals surface area contributed by atoms with E-state index in [9.17, 15) is 8.42 Å². The van der Waals surface area contributed by atoms with Crippen molar-refractivity contribution in [2.45, 2.75) is 31.7 Å². The van der Waals surface area contributed by atoms with E-state index in [0.29, 0.717) is 5.75 Å². The van der Waals surface area contributed by atoms with Gasteiger partial charge in [0.2, 0.25) is 10.0 Å². The van der Waals surface area contributed by atoms with Gasteiger partial charge in [0.05, 0.1) is 26.1 Å². The summed E-state index contributed by atoms with van der Waals surface area (Å²) in [4.78, 5) is 0.0229. The molecule has 0 fully saturated rings. The van der Waals surface area contributed by atoms with Gasteiger partial charge in [-0.2, -0.15) is 5.10 Å². The minimum atomic E-state index is -3.85. The van der Waals surface area contributed by atoms with Gasteiger partial charge in [-0.15, -0.1) is 0 Å². The van der Waals surface area contributed by atoms with Crippen LogP contribution in [-0.2, 0) is 10.0 Å². The first-order valence-electron chi connectivity index (χ1n) is 9.12. The van der Waals surface area contributed by atoms with Crippen molar-refractivity contribution in [1.29, 1.82) is 0 Å². The van der Waals surface area contributed by atoms with Gasteiger partial charge in [-0.3, -0.25) is 0 Å². The second-order valence-corrected chi connectivity index (χ2v) is 8.47. The summed E-state index contributed by atoms with van der Waals surface area (Å²) in [5, 5.41) is 4.44. The zero-order chi connectivity index (χ0) is 21.2. The Morgan fingerprint density at radius 3 is 2.34 bits per heavy atom. The van der Waals surface area contributed by atoms with Gasteiger partial charge in [-0.1, -0.05) is 17.7 Å². The van der Waals surface area contributed by atoms with E-state index in [-0.39, 0.29) is 10.6 Å². The van der Waals surface area contributed by atoms with Gasteiger partial charge in [-0.25, -0.2) is 17.8 Å². The van der Waals surface area contributed by atoms with Crippen molar-refractivity contribution in [3.63, 3.8) is 0 Å². The fraction of sp³-hybridized carbons (Fsp3) is 0.286. The zero-order valence-electron chi connectivity index (χ0n) is 17.1. The molecule has 29 heavy (non-hydrogen) atoms. The summed E-state index contributed by atoms with van der Waals surface area (Å²) in [6.45, 7) is 5.72. The van der Waals surface area contributed by atoms with E-state index in [4.69, 9.17) is 9.47 Å². The normalized spacial score (nSPS) is 12.6. The maximum absolute atomic E-state index is 13.0. The molecule has 1 aromatic heterocycles. The number of benzene rings is 2. The molecule has 0 aliphatic heterocycles. The average Bonchev–Trinajstić information content (AvgIpc) is 3.09. The molecular weight excluding hydrogens is 390 g/mol. The van der Waals surface area contributed by atoms with Crippen LogP contribution in [0, 0.1) is 13.8 Å². The summed E-state index contributed by atoms with van der Waals surface area (Å²) in [5.74, 6) is 0.680. The number of aromatic nitrogens is 2. The maximum atomic E-state index is 13.0. The van der Waals surface area contributed by atoms with E-state index in [1.54, 1.807) is 29.9 Å². The molecule has 0 saturated heterocycles. The smallest absolute Gasteiger partial charge is 0.244 e. The van der Waals surface area contributed by atoms with Gasteiger partial charge in [0.1, 0.15) is 16.4 Å². The summed E-state index contributed by atoms with van der Waals surface area (Å²) in [5.41, 5.74) is 3.73. The minimum Gasteiger partial charge on any atom is -0.497 e. The van der Waals surface area contributed by atoms with Gasteiger partial charge in [-0.05, 0) is 45.0 Å². The monoisotopic (exact) mass is 415 g/mol. The highest BCUT2D eigenvalue weighted by molar-refractivity contribution is 7.89. The Balaban J connectivity index is 1.90. The van der Waals surface area contributed by atoms with Crippen LogP contribution in [0.1, 0.15) is 29.8 Å². The molecule has 0 unspecified atom stereocenters. The predicted molar refractivity (Wildman–Crippen MR) is 111 cm³/mol. The van der Waals surface area contributed by atoms with Crippen LogP contribution in [-0.4, -0.2) is 32.4 Å². The highest BCUT2D eigenvalue weighted by atomic mass is 32.2. The lowest BCUT2D eigenvalue weighted by Gasteiger charge is -2.17. The molecule has 0 radical (unpaired) electrons. The number of hydrogen-bond acceptors (Lipinski definition) is 5. The summed E-state index contributed by atoms with van der Waals surface area (Å²) in [6, 6.07) is 12.2. The highest BCUT2D eigenvalue weighted by Crippen LogP contribution is 2.30. The number of nitrogens with zero attached hydrogens (tertiary/aromatic N) is 2. The molecule has 1 N–H and O–H groups in total. The maximum Gasteiger partial charge on any atom is 0.244 e. The van der Waals surface area contributed by atoms with Gasteiger partial charge in [0.25, 0.3) is 0 Å². The van der Waals surface area contributed by atoms with Crippen LogP contribution in [0.5, 0.6) is 11.5 Å². The van der Waals surface area contributed by atoms with Crippen molar-refractivity contribution >= 4 is 10.0 Å². The second kappa shape index (κ2) is 8.26. The molecule has 2 aromatic carbocycles. The Labute approximate surface area is 171 Å². The third kappa shape index (κ3) is 4.28. The predicted octanol–water partition coefficient (Wildman–Crippen LogP) is 3.55. The summed E-state index contributed by atoms with van der Waals surface area (Å²) >= 11 is 0. The molecule has 0 aliphatic rings. The number of methoxy groups -OCH3 is 2. The minimum absolute atomic E-state index is 0.0229. The molecule has 0 amide bonds. The SMILES string of the molecule is COc1ccc(OC)c(S(=O)(=O)N[C@H](C)c2cnn(-c3ccc(C)cc3)c2C)c1. The molecule has 3 aromatic rings. The van der Waals surface area contributed by atoms with Crippen molar-refractivity contribution in [1.82, 2.24) is 14.5 Å². The van der Waals surface area contributed by atoms with Crippen molar-refractivity contribution in [2.24, 2.45) is 0 Å². The molecule has 154 valence electrons. The van der Waals surface area contributed by atoms with Crippen LogP contribution >= 0.6 is 0 Å². The number of hydrogen-bond donors (Lipinski definition) is 1. The highest BCUT2D eigenvalue weighted by Gasteiger charge is 2.25. The molecule has 0 spiro atoms. The van der Waals surface area contributed by atoms with E-state index in [2.05, 4.69) is 9.82 Å². The molecule has 0 aliphatic carbocycles. The van der Waals surface area contributed by atoms with E-state index >= 15 is 0 Å². The van der Waals surface area contributed by atoms with Crippen LogP contribution < -0.4 is 14.2 Å². The van der Waals surface area contributed by atoms with Crippen molar-refractivity contribution in [3.8, 4) is 17.2 Å². The molecule has 0 bridgehead atoms. The molecule has 3 rings (SSSR count). The number of aryl methyl sites for hydroxylation is 1. The fourth-order valence-electron chi connectivity index (χ4n) is 3.15. The van der Waals surface area contributed by atoms with Crippen LogP contribution in [0.2, 0.25) is 0 Å². The van der Waals surface area contributed by atoms with Crippen LogP contribution in [0.3, 0.4) is 0 Å². The largest absolute Gasteiger partial charge is 0.497 e. The zero-order valence-corrected chi connectivity index (χ0v) is 17.9. The van der Waals surface area contributed by atoms with Crippen molar-refractivity contribution in [2.75, 3.05) is 14.2 Å². The van der Waals surface area contributed by atoms with Gasteiger partial charge in [0, 0.05) is 23.4 Å². The second-order valence-electron chi connectivity index (χ2n) is 6.79. The Hall–Kier alpha value is -2.84. The summed E-state index contributed by atoms with van der Waals surface area (Å²) < 4.78 is 40.9. The third-order valence-corrected chi connectivity index (χ3v) is 6.35. The van der Waals surface area contributed by atoms with Crippen LogP contribution in [0.15, 0.2) is 53.6 Å². The lowest BCUT2D eigenvalue weighted by Crippen LogP contribution is -2.27. The standard InChI is InChI=1S/C21H25N3O4S/c1-14-6-8-17(9-7-14)24-16(3)19(13-22-24)15(2)23-29(25,26)21-12-18(27-4)10-11-20(21)28-5/h6-13,15,23H,1-5H3/t15-/m1/s1. The third-order valence-electron chi connectivity index (χ3n) is 4.79. The van der Waals surface area contributed by atoms with E-state index in [1.807, 2.05) is 38.1 Å². The molecule has 1 heterocycles. The molecule has 1 atom stereocenters. The Kier molecular flexibility index (Phi) is 5.95. The average molecular weight is 416 g/mol. The number of rotatable bonds is 7. The number of ether oxygens (including phenoxy) is 2. The lowest BCUT2D eigenvalue weighted by molar-refractivity contribution is 0.391. The Morgan fingerprint density at radius 1 is 1.03 bits per heavy atom. The van der Waals surface area contributed by atoms with Gasteiger partial charge >= 0.3 is 0 Å². The van der Waals surface area contributed by atoms with E-state index in [0.717, 1.165) is 22.5 Å². The first-order valence-corrected chi connectivity index (χ1v) is 10.6. The Morgan fingerprint density at radius 2 is 1.72 bits per heavy atom. The van der Waals surface area contributed by atoms with Crippen molar-refractivity contribution in [3.05, 3.63) is 65.5 Å². The quantitative estimate of drug-likeness (QED) is 0.638. The first-order chi connectivity index (χ1) is 13.8. The van der Waals surface area contributed by atoms with Gasteiger partial charge in [0.15, 0.2) is 0 Å². The molecule has 0 saturated carbocycles. The number of sulfonamides is 1. The fourth-order valence-corrected chi connectivity index (χ4v) is 4.55. The van der Waals surface area contributed by atoms with E-state index < -0.39 is 16.1 Å². The number of nitrogens with one attached hydrogen (secondary N) is 1. The lowest BCUT2D eigenvalue weighted by atomic mass is 10.1. The van der Waals surface area contributed by atoms with Gasteiger partial charge < -0.3 is 9.47 Å². The van der Waals surface area contributed by atoms with Crippen molar-refractivity contribution < 1.29 is 17.9 Å². The van der Waals surface area contributed by atoms with Crippen LogP contribution in [0.4, 0.5) is 0 Å². The molecular formula is C21H25N3O4S. The summed E-state index contributed by atoms with van der Waals surface area (Å²) in [6.07, 6.45) is 1.69. The molecule has 8 heteroatoms. The molecule has 7 nitrogen and oxygen atoms in total. The van der Waals surface area contributed by atoms with E-state index in [1.165, 1.54) is 20.3 Å². The summed E-state index contributed by atoms with van der Waals surface area (Å²) in [7, 11) is -0.939. The van der Waals surface area contributed by atoms with Crippen LogP contribution in [0.25, 0.3) is 5.69 Å².